The summed E-state index contributed by atoms with van der Waals surface area (Å²) in [4.78, 5) is 12.4. The number of sulfone groups is 1. The number of rotatable bonds is 4. The molecular formula is C16H22ClNO3S. The molecular weight excluding hydrogens is 322 g/mol. The minimum Gasteiger partial charge on any atom is -0.345 e. The molecule has 0 spiro atoms. The fourth-order valence-corrected chi connectivity index (χ4v) is 3.52. The number of carbonyl (C=O) groups is 1. The molecule has 1 aliphatic carbocycles. The highest BCUT2D eigenvalue weighted by atomic mass is 35.5. The van der Waals surface area contributed by atoms with E-state index in [1.54, 1.807) is 12.1 Å². The molecule has 1 aromatic rings. The van der Waals surface area contributed by atoms with Gasteiger partial charge in [-0.1, -0.05) is 43.0 Å². The third kappa shape index (κ3) is 3.82. The molecule has 22 heavy (non-hydrogen) atoms. The van der Waals surface area contributed by atoms with Gasteiger partial charge in [0.1, 0.15) is 5.25 Å². The first-order valence-electron chi connectivity index (χ1n) is 7.51. The maximum absolute atomic E-state index is 12.4. The molecule has 1 N–H and O–H groups in total. The molecule has 0 bridgehead atoms. The summed E-state index contributed by atoms with van der Waals surface area (Å²) in [6.45, 7) is 1.43. The van der Waals surface area contributed by atoms with Gasteiger partial charge in [-0.25, -0.2) is 8.42 Å². The lowest BCUT2D eigenvalue weighted by Gasteiger charge is -2.39. The van der Waals surface area contributed by atoms with Crippen LogP contribution in [0.1, 0.15) is 44.6 Å². The molecule has 0 radical (unpaired) electrons. The molecule has 1 saturated carbocycles. The van der Waals surface area contributed by atoms with Crippen LogP contribution in [0.3, 0.4) is 0 Å². The first-order valence-corrected chi connectivity index (χ1v) is 9.85. The Morgan fingerprint density at radius 2 is 1.73 bits per heavy atom. The van der Waals surface area contributed by atoms with E-state index in [0.717, 1.165) is 43.9 Å². The number of halogens is 1. The quantitative estimate of drug-likeness (QED) is 0.913. The Labute approximate surface area is 137 Å². The Bertz CT molecular complexity index is 634. The standard InChI is InChI=1S/C16H22ClNO3S/c1-12(22(2,20)21)15(19)18-16(10-4-3-5-11-16)13-6-8-14(17)9-7-13/h6-9,12H,3-5,10-11H2,1-2H3,(H,18,19)/t12-/m1/s1. The lowest BCUT2D eigenvalue weighted by molar-refractivity contribution is -0.123. The van der Waals surface area contributed by atoms with Crippen LogP contribution < -0.4 is 5.32 Å². The van der Waals surface area contributed by atoms with Crippen LogP contribution in [0.4, 0.5) is 0 Å². The van der Waals surface area contributed by atoms with Crippen molar-refractivity contribution < 1.29 is 13.2 Å². The number of carbonyl (C=O) groups excluding carboxylic acids is 1. The van der Waals surface area contributed by atoms with Crippen molar-refractivity contribution in [3.8, 4) is 0 Å². The van der Waals surface area contributed by atoms with E-state index in [0.29, 0.717) is 5.02 Å². The molecule has 0 saturated heterocycles. The van der Waals surface area contributed by atoms with E-state index in [4.69, 9.17) is 11.6 Å². The zero-order chi connectivity index (χ0) is 16.4. The Morgan fingerprint density at radius 3 is 2.23 bits per heavy atom. The van der Waals surface area contributed by atoms with Crippen LogP contribution in [0, 0.1) is 0 Å². The molecule has 2 rings (SSSR count). The molecule has 1 aliphatic rings. The van der Waals surface area contributed by atoms with E-state index >= 15 is 0 Å². The third-order valence-corrected chi connectivity index (χ3v) is 6.23. The smallest absolute Gasteiger partial charge is 0.238 e. The van der Waals surface area contributed by atoms with Crippen LogP contribution >= 0.6 is 11.6 Å². The van der Waals surface area contributed by atoms with E-state index in [1.807, 2.05) is 12.1 Å². The fourth-order valence-electron chi connectivity index (χ4n) is 2.94. The van der Waals surface area contributed by atoms with Gasteiger partial charge in [0, 0.05) is 11.3 Å². The summed E-state index contributed by atoms with van der Waals surface area (Å²) in [6, 6.07) is 7.44. The number of amides is 1. The molecule has 1 aromatic carbocycles. The second kappa shape index (κ2) is 6.59. The summed E-state index contributed by atoms with van der Waals surface area (Å²) in [5.41, 5.74) is 0.504. The molecule has 0 aromatic heterocycles. The van der Waals surface area contributed by atoms with Crippen molar-refractivity contribution in [3.05, 3.63) is 34.9 Å². The molecule has 4 nitrogen and oxygen atoms in total. The van der Waals surface area contributed by atoms with Gasteiger partial charge in [0.25, 0.3) is 0 Å². The maximum Gasteiger partial charge on any atom is 0.238 e. The molecule has 1 amide bonds. The summed E-state index contributed by atoms with van der Waals surface area (Å²) >= 11 is 5.95. The van der Waals surface area contributed by atoms with Crippen molar-refractivity contribution in [1.29, 1.82) is 0 Å². The number of hydrogen-bond acceptors (Lipinski definition) is 3. The summed E-state index contributed by atoms with van der Waals surface area (Å²) in [5.74, 6) is -0.431. The molecule has 6 heteroatoms. The number of nitrogens with one attached hydrogen (secondary N) is 1. The SMILES string of the molecule is C[C@H](C(=O)NC1(c2ccc(Cl)cc2)CCCCC1)S(C)(=O)=O. The van der Waals surface area contributed by atoms with E-state index < -0.39 is 26.5 Å². The van der Waals surface area contributed by atoms with Gasteiger partial charge >= 0.3 is 0 Å². The lowest BCUT2D eigenvalue weighted by Crippen LogP contribution is -2.51. The fraction of sp³-hybridized carbons (Fsp3) is 0.562. The van der Waals surface area contributed by atoms with Gasteiger partial charge in [-0.15, -0.1) is 0 Å². The number of benzene rings is 1. The van der Waals surface area contributed by atoms with Crippen molar-refractivity contribution in [1.82, 2.24) is 5.32 Å². The Hall–Kier alpha value is -1.07. The molecule has 1 atom stereocenters. The second-order valence-electron chi connectivity index (χ2n) is 6.11. The van der Waals surface area contributed by atoms with Crippen molar-refractivity contribution in [2.45, 2.75) is 49.8 Å². The largest absolute Gasteiger partial charge is 0.345 e. The molecule has 0 unspecified atom stereocenters. The Morgan fingerprint density at radius 1 is 1.18 bits per heavy atom. The van der Waals surface area contributed by atoms with Crippen LogP contribution in [0.5, 0.6) is 0 Å². The van der Waals surface area contributed by atoms with Crippen LogP contribution in [0.2, 0.25) is 5.02 Å². The van der Waals surface area contributed by atoms with Crippen molar-refractivity contribution in [2.75, 3.05) is 6.26 Å². The van der Waals surface area contributed by atoms with Gasteiger partial charge in [-0.05, 0) is 37.5 Å². The van der Waals surface area contributed by atoms with Gasteiger partial charge < -0.3 is 5.32 Å². The van der Waals surface area contributed by atoms with Gasteiger partial charge in [-0.3, -0.25) is 4.79 Å². The van der Waals surface area contributed by atoms with Crippen LogP contribution in [-0.2, 0) is 20.2 Å². The van der Waals surface area contributed by atoms with Crippen molar-refractivity contribution in [2.24, 2.45) is 0 Å². The predicted molar refractivity (Wildman–Crippen MR) is 88.7 cm³/mol. The van der Waals surface area contributed by atoms with Gasteiger partial charge in [0.15, 0.2) is 9.84 Å². The van der Waals surface area contributed by atoms with Gasteiger partial charge in [0.2, 0.25) is 5.91 Å². The first kappa shape index (κ1) is 17.3. The lowest BCUT2D eigenvalue weighted by atomic mass is 9.76. The minimum atomic E-state index is -3.40. The highest BCUT2D eigenvalue weighted by molar-refractivity contribution is 7.92. The number of hydrogen-bond donors (Lipinski definition) is 1. The van der Waals surface area contributed by atoms with E-state index in [9.17, 15) is 13.2 Å². The van der Waals surface area contributed by atoms with E-state index in [-0.39, 0.29) is 0 Å². The summed E-state index contributed by atoms with van der Waals surface area (Å²) < 4.78 is 23.2. The first-order chi connectivity index (χ1) is 10.2. The van der Waals surface area contributed by atoms with E-state index in [2.05, 4.69) is 5.32 Å². The minimum absolute atomic E-state index is 0.431. The third-order valence-electron chi connectivity index (χ3n) is 4.48. The van der Waals surface area contributed by atoms with Crippen LogP contribution in [-0.4, -0.2) is 25.8 Å². The van der Waals surface area contributed by atoms with Crippen LogP contribution in [0.15, 0.2) is 24.3 Å². The summed E-state index contributed by atoms with van der Waals surface area (Å²) in [7, 11) is -3.40. The van der Waals surface area contributed by atoms with Crippen LogP contribution in [0.25, 0.3) is 0 Å². The topological polar surface area (TPSA) is 63.2 Å². The molecule has 122 valence electrons. The zero-order valence-electron chi connectivity index (χ0n) is 12.9. The highest BCUT2D eigenvalue weighted by Crippen LogP contribution is 2.37. The average molecular weight is 344 g/mol. The zero-order valence-corrected chi connectivity index (χ0v) is 14.5. The Kier molecular flexibility index (Phi) is 5.17. The highest BCUT2D eigenvalue weighted by Gasteiger charge is 2.37. The predicted octanol–water partition coefficient (Wildman–Crippen LogP) is 3.05. The molecule has 0 aliphatic heterocycles. The summed E-state index contributed by atoms with van der Waals surface area (Å²) in [6.07, 6.45) is 5.87. The summed E-state index contributed by atoms with van der Waals surface area (Å²) in [5, 5.41) is 2.61. The van der Waals surface area contributed by atoms with Gasteiger partial charge in [-0.2, -0.15) is 0 Å². The van der Waals surface area contributed by atoms with E-state index in [1.165, 1.54) is 6.92 Å². The molecule has 0 heterocycles. The van der Waals surface area contributed by atoms with Crippen molar-refractivity contribution >= 4 is 27.3 Å². The average Bonchev–Trinajstić information content (AvgIpc) is 2.47. The normalized spacial score (nSPS) is 19.4. The maximum atomic E-state index is 12.4. The second-order valence-corrected chi connectivity index (χ2v) is 8.91. The Balaban J connectivity index is 2.30. The monoisotopic (exact) mass is 343 g/mol. The van der Waals surface area contributed by atoms with Gasteiger partial charge in [0.05, 0.1) is 5.54 Å². The molecule has 1 fully saturated rings. The van der Waals surface area contributed by atoms with Crippen molar-refractivity contribution in [3.63, 3.8) is 0 Å².